The molecule has 0 amide bonds. The minimum absolute atomic E-state index is 0.374. The van der Waals surface area contributed by atoms with E-state index in [-0.39, 0.29) is 0 Å². The van der Waals surface area contributed by atoms with E-state index in [1.807, 2.05) is 31.0 Å². The van der Waals surface area contributed by atoms with Crippen LogP contribution in [-0.4, -0.2) is 37.9 Å². The Labute approximate surface area is 114 Å². The van der Waals surface area contributed by atoms with Gasteiger partial charge in [0, 0.05) is 20.2 Å². The number of aryl methyl sites for hydroxylation is 1. The van der Waals surface area contributed by atoms with Gasteiger partial charge in [-0.2, -0.15) is 0 Å². The monoisotopic (exact) mass is 263 g/mol. The number of ether oxygens (including phenoxy) is 1. The molecule has 1 aliphatic rings. The molecule has 1 heterocycles. The van der Waals surface area contributed by atoms with E-state index in [4.69, 9.17) is 4.74 Å². The third-order valence-corrected chi connectivity index (χ3v) is 3.58. The number of nitrogens with zero attached hydrogens (tertiary/aromatic N) is 1. The summed E-state index contributed by atoms with van der Waals surface area (Å²) in [5, 5.41) is 9.29. The molecule has 4 nitrogen and oxygen atoms in total. The fourth-order valence-corrected chi connectivity index (χ4v) is 2.59. The average Bonchev–Trinajstić information content (AvgIpc) is 2.39. The summed E-state index contributed by atoms with van der Waals surface area (Å²) < 4.78 is 5.47. The zero-order valence-corrected chi connectivity index (χ0v) is 11.6. The predicted molar refractivity (Wildman–Crippen MR) is 75.0 cm³/mol. The first-order valence-electron chi connectivity index (χ1n) is 6.70. The number of benzene rings is 1. The van der Waals surface area contributed by atoms with Gasteiger partial charge in [0.25, 0.3) is 0 Å². The first kappa shape index (κ1) is 13.9. The lowest BCUT2D eigenvalue weighted by Crippen LogP contribution is -2.31. The van der Waals surface area contributed by atoms with Crippen molar-refractivity contribution in [2.24, 2.45) is 5.92 Å². The molecular weight excluding hydrogens is 242 g/mol. The molecule has 1 fully saturated rings. The van der Waals surface area contributed by atoms with Crippen LogP contribution in [0.3, 0.4) is 0 Å². The smallest absolute Gasteiger partial charge is 0.337 e. The maximum absolute atomic E-state index is 11.3. The van der Waals surface area contributed by atoms with Crippen LogP contribution in [0, 0.1) is 12.8 Å². The zero-order valence-electron chi connectivity index (χ0n) is 11.6. The summed E-state index contributed by atoms with van der Waals surface area (Å²) in [7, 11) is 1.95. The molecular formula is C15H21NO3. The quantitative estimate of drug-likeness (QED) is 0.907. The summed E-state index contributed by atoms with van der Waals surface area (Å²) in [6, 6.07) is 5.57. The lowest BCUT2D eigenvalue weighted by Gasteiger charge is -2.29. The Kier molecular flexibility index (Phi) is 4.43. The van der Waals surface area contributed by atoms with Gasteiger partial charge in [0.1, 0.15) is 0 Å². The van der Waals surface area contributed by atoms with E-state index in [9.17, 15) is 9.90 Å². The standard InChI is InChI=1S/C15H21NO3/c1-11-5-6-14(13(8-11)15(17)18)16(2)9-12-4-3-7-19-10-12/h5-6,8,12H,3-4,7,9-10H2,1-2H3,(H,17,18). The van der Waals surface area contributed by atoms with Crippen LogP contribution in [0.5, 0.6) is 0 Å². The van der Waals surface area contributed by atoms with E-state index < -0.39 is 5.97 Å². The highest BCUT2D eigenvalue weighted by Gasteiger charge is 2.19. The lowest BCUT2D eigenvalue weighted by atomic mass is 10.0. The number of anilines is 1. The average molecular weight is 263 g/mol. The molecule has 0 saturated carbocycles. The van der Waals surface area contributed by atoms with E-state index in [2.05, 4.69) is 0 Å². The molecule has 0 bridgehead atoms. The Morgan fingerprint density at radius 3 is 2.95 bits per heavy atom. The van der Waals surface area contributed by atoms with Crippen molar-refractivity contribution in [2.45, 2.75) is 19.8 Å². The van der Waals surface area contributed by atoms with Gasteiger partial charge in [-0.3, -0.25) is 0 Å². The van der Waals surface area contributed by atoms with Crippen molar-refractivity contribution in [3.05, 3.63) is 29.3 Å². The van der Waals surface area contributed by atoms with Gasteiger partial charge in [-0.25, -0.2) is 4.79 Å². The fourth-order valence-electron chi connectivity index (χ4n) is 2.59. The molecule has 1 aromatic carbocycles. The molecule has 1 atom stereocenters. The largest absolute Gasteiger partial charge is 0.478 e. The van der Waals surface area contributed by atoms with Crippen molar-refractivity contribution in [3.63, 3.8) is 0 Å². The summed E-state index contributed by atoms with van der Waals surface area (Å²) in [5.41, 5.74) is 2.12. The van der Waals surface area contributed by atoms with Gasteiger partial charge in [-0.1, -0.05) is 11.6 Å². The molecule has 0 aromatic heterocycles. The van der Waals surface area contributed by atoms with Gasteiger partial charge in [-0.15, -0.1) is 0 Å². The third kappa shape index (κ3) is 3.47. The summed E-state index contributed by atoms with van der Waals surface area (Å²) in [6.45, 7) is 4.37. The minimum Gasteiger partial charge on any atom is -0.478 e. The molecule has 1 unspecified atom stereocenters. The first-order valence-corrected chi connectivity index (χ1v) is 6.70. The topological polar surface area (TPSA) is 49.8 Å². The molecule has 1 saturated heterocycles. The number of rotatable bonds is 4. The van der Waals surface area contributed by atoms with Crippen molar-refractivity contribution in [1.82, 2.24) is 0 Å². The van der Waals surface area contributed by atoms with Crippen LogP contribution >= 0.6 is 0 Å². The Bertz CT molecular complexity index is 453. The second-order valence-electron chi connectivity index (χ2n) is 5.29. The van der Waals surface area contributed by atoms with Crippen molar-refractivity contribution in [2.75, 3.05) is 31.7 Å². The van der Waals surface area contributed by atoms with Gasteiger partial charge < -0.3 is 14.7 Å². The van der Waals surface area contributed by atoms with Crippen molar-refractivity contribution >= 4 is 11.7 Å². The molecule has 0 radical (unpaired) electrons. The molecule has 0 spiro atoms. The molecule has 0 aliphatic carbocycles. The van der Waals surface area contributed by atoms with Gasteiger partial charge in [-0.05, 0) is 37.8 Å². The third-order valence-electron chi connectivity index (χ3n) is 3.58. The molecule has 19 heavy (non-hydrogen) atoms. The molecule has 1 aromatic rings. The predicted octanol–water partition coefficient (Wildman–Crippen LogP) is 2.56. The van der Waals surface area contributed by atoms with Crippen LogP contribution in [0.1, 0.15) is 28.8 Å². The van der Waals surface area contributed by atoms with Crippen LogP contribution in [0.15, 0.2) is 18.2 Å². The lowest BCUT2D eigenvalue weighted by molar-refractivity contribution is 0.0576. The van der Waals surface area contributed by atoms with Crippen LogP contribution in [0.25, 0.3) is 0 Å². The minimum atomic E-state index is -0.870. The SMILES string of the molecule is Cc1ccc(N(C)CC2CCCOC2)c(C(=O)O)c1. The van der Waals surface area contributed by atoms with Gasteiger partial charge in [0.15, 0.2) is 0 Å². The maximum atomic E-state index is 11.3. The van der Waals surface area contributed by atoms with E-state index >= 15 is 0 Å². The van der Waals surface area contributed by atoms with E-state index in [1.165, 1.54) is 0 Å². The summed E-state index contributed by atoms with van der Waals surface area (Å²) in [6.07, 6.45) is 2.25. The number of hydrogen-bond acceptors (Lipinski definition) is 3. The van der Waals surface area contributed by atoms with Crippen LogP contribution in [0.2, 0.25) is 0 Å². The molecule has 104 valence electrons. The highest BCUT2D eigenvalue weighted by molar-refractivity contribution is 5.94. The zero-order chi connectivity index (χ0) is 13.8. The molecule has 2 rings (SSSR count). The Balaban J connectivity index is 2.13. The van der Waals surface area contributed by atoms with Crippen molar-refractivity contribution < 1.29 is 14.6 Å². The summed E-state index contributed by atoms with van der Waals surface area (Å²) in [5.74, 6) is -0.382. The Morgan fingerprint density at radius 1 is 1.53 bits per heavy atom. The van der Waals surface area contributed by atoms with Crippen LogP contribution in [-0.2, 0) is 4.74 Å². The number of carboxylic acids is 1. The second kappa shape index (κ2) is 6.06. The van der Waals surface area contributed by atoms with Crippen LogP contribution in [0.4, 0.5) is 5.69 Å². The molecule has 1 N–H and O–H groups in total. The highest BCUT2D eigenvalue weighted by atomic mass is 16.5. The maximum Gasteiger partial charge on any atom is 0.337 e. The molecule has 4 heteroatoms. The Morgan fingerprint density at radius 2 is 2.32 bits per heavy atom. The fraction of sp³-hybridized carbons (Fsp3) is 0.533. The highest BCUT2D eigenvalue weighted by Crippen LogP contribution is 2.24. The summed E-state index contributed by atoms with van der Waals surface area (Å²) >= 11 is 0. The summed E-state index contributed by atoms with van der Waals surface area (Å²) in [4.78, 5) is 13.3. The normalized spacial score (nSPS) is 19.2. The van der Waals surface area contributed by atoms with E-state index in [0.717, 1.165) is 43.9 Å². The van der Waals surface area contributed by atoms with Gasteiger partial charge in [0.2, 0.25) is 0 Å². The van der Waals surface area contributed by atoms with E-state index in [1.54, 1.807) is 6.07 Å². The van der Waals surface area contributed by atoms with E-state index in [0.29, 0.717) is 11.5 Å². The Hall–Kier alpha value is -1.55. The first-order chi connectivity index (χ1) is 9.08. The van der Waals surface area contributed by atoms with Gasteiger partial charge >= 0.3 is 5.97 Å². The number of carbonyl (C=O) groups is 1. The van der Waals surface area contributed by atoms with Crippen LogP contribution < -0.4 is 4.90 Å². The van der Waals surface area contributed by atoms with Crippen molar-refractivity contribution in [3.8, 4) is 0 Å². The number of aromatic carboxylic acids is 1. The van der Waals surface area contributed by atoms with Crippen molar-refractivity contribution in [1.29, 1.82) is 0 Å². The number of carboxylic acid groups (broad SMARTS) is 1. The molecule has 1 aliphatic heterocycles. The van der Waals surface area contributed by atoms with Gasteiger partial charge in [0.05, 0.1) is 17.9 Å². The number of hydrogen-bond donors (Lipinski definition) is 1. The second-order valence-corrected chi connectivity index (χ2v) is 5.29.